The number of carbonyl (C=O) groups excluding carboxylic acids is 1. The second-order valence-corrected chi connectivity index (χ2v) is 7.13. The highest BCUT2D eigenvalue weighted by Gasteiger charge is 2.10. The Balaban J connectivity index is 1.46. The zero-order chi connectivity index (χ0) is 21.8. The maximum Gasteiger partial charge on any atom is 0.255 e. The number of hydrogen-bond donors (Lipinski definition) is 1. The molecule has 0 radical (unpaired) electrons. The Labute approximate surface area is 179 Å². The summed E-state index contributed by atoms with van der Waals surface area (Å²) >= 11 is 0. The predicted molar refractivity (Wildman–Crippen MR) is 118 cm³/mol. The third-order valence-corrected chi connectivity index (χ3v) is 4.68. The van der Waals surface area contributed by atoms with Crippen LogP contribution in [0.5, 0.6) is 11.6 Å². The Morgan fingerprint density at radius 3 is 2.52 bits per heavy atom. The van der Waals surface area contributed by atoms with E-state index >= 15 is 0 Å². The van der Waals surface area contributed by atoms with Gasteiger partial charge in [0.05, 0.1) is 0 Å². The van der Waals surface area contributed by atoms with Crippen molar-refractivity contribution in [3.8, 4) is 23.0 Å². The van der Waals surface area contributed by atoms with Gasteiger partial charge in [-0.15, -0.1) is 0 Å². The molecule has 1 heterocycles. The molecular weight excluding hydrogens is 393 g/mol. The number of ether oxygens (including phenoxy) is 1. The molecule has 0 bridgehead atoms. The third-order valence-electron chi connectivity index (χ3n) is 4.68. The fourth-order valence-corrected chi connectivity index (χ4v) is 3.11. The quantitative estimate of drug-likeness (QED) is 0.439. The van der Waals surface area contributed by atoms with Crippen LogP contribution >= 0.6 is 0 Å². The number of aryl methyl sites for hydroxylation is 2. The molecule has 0 atom stereocenters. The Bertz CT molecular complexity index is 1240. The van der Waals surface area contributed by atoms with Crippen LogP contribution in [0.25, 0.3) is 11.4 Å². The lowest BCUT2D eigenvalue weighted by atomic mass is 10.1. The van der Waals surface area contributed by atoms with Crippen LogP contribution in [-0.2, 0) is 0 Å². The van der Waals surface area contributed by atoms with E-state index in [2.05, 4.69) is 15.3 Å². The van der Waals surface area contributed by atoms with Crippen LogP contribution in [0.2, 0.25) is 0 Å². The van der Waals surface area contributed by atoms with Crippen molar-refractivity contribution in [2.75, 3.05) is 5.32 Å². The molecule has 0 saturated heterocycles. The minimum Gasteiger partial charge on any atom is -0.439 e. The highest BCUT2D eigenvalue weighted by atomic mass is 19.1. The van der Waals surface area contributed by atoms with Gasteiger partial charge in [-0.25, -0.2) is 9.37 Å². The van der Waals surface area contributed by atoms with Gasteiger partial charge in [0.15, 0.2) is 5.82 Å². The fourth-order valence-electron chi connectivity index (χ4n) is 3.11. The summed E-state index contributed by atoms with van der Waals surface area (Å²) in [6.45, 7) is 3.97. The van der Waals surface area contributed by atoms with E-state index < -0.39 is 0 Å². The van der Waals surface area contributed by atoms with E-state index in [9.17, 15) is 9.18 Å². The van der Waals surface area contributed by atoms with Crippen molar-refractivity contribution in [1.82, 2.24) is 9.97 Å². The zero-order valence-electron chi connectivity index (χ0n) is 17.1. The minimum absolute atomic E-state index is 0.200. The van der Waals surface area contributed by atoms with Crippen LogP contribution in [0.1, 0.15) is 21.5 Å². The van der Waals surface area contributed by atoms with Crippen LogP contribution in [0.3, 0.4) is 0 Å². The van der Waals surface area contributed by atoms with Crippen LogP contribution in [0.15, 0.2) is 79.0 Å². The summed E-state index contributed by atoms with van der Waals surface area (Å²) in [6, 6.07) is 20.3. The predicted octanol–water partition coefficient (Wildman–Crippen LogP) is 5.94. The first-order chi connectivity index (χ1) is 15.0. The molecule has 4 rings (SSSR count). The second-order valence-electron chi connectivity index (χ2n) is 7.13. The SMILES string of the molecule is Cc1ccc(NC(=O)c2ccc(Oc3ccnc(-c4cccc(F)c4)n3)cc2)c(C)c1. The molecule has 31 heavy (non-hydrogen) atoms. The average Bonchev–Trinajstić information content (AvgIpc) is 2.76. The molecule has 0 unspecified atom stereocenters. The minimum atomic E-state index is -0.359. The molecule has 0 spiro atoms. The van der Waals surface area contributed by atoms with Gasteiger partial charge in [-0.1, -0.05) is 29.8 Å². The molecule has 6 heteroatoms. The second kappa shape index (κ2) is 8.75. The normalized spacial score (nSPS) is 10.5. The lowest BCUT2D eigenvalue weighted by Gasteiger charge is -2.10. The van der Waals surface area contributed by atoms with Crippen LogP contribution < -0.4 is 10.1 Å². The molecule has 4 aromatic rings. The van der Waals surface area contributed by atoms with E-state index in [0.29, 0.717) is 28.6 Å². The number of aromatic nitrogens is 2. The largest absolute Gasteiger partial charge is 0.439 e. The highest BCUT2D eigenvalue weighted by molar-refractivity contribution is 6.04. The lowest BCUT2D eigenvalue weighted by Crippen LogP contribution is -2.12. The van der Waals surface area contributed by atoms with E-state index in [1.165, 1.54) is 12.1 Å². The maximum atomic E-state index is 13.5. The molecule has 0 aliphatic heterocycles. The van der Waals surface area contributed by atoms with Gasteiger partial charge < -0.3 is 10.1 Å². The summed E-state index contributed by atoms with van der Waals surface area (Å²) in [5, 5.41) is 2.92. The number of nitrogens with one attached hydrogen (secondary N) is 1. The highest BCUT2D eigenvalue weighted by Crippen LogP contribution is 2.23. The topological polar surface area (TPSA) is 64.1 Å². The van der Waals surface area contributed by atoms with Gasteiger partial charge in [-0.2, -0.15) is 4.98 Å². The number of halogens is 1. The Hall–Kier alpha value is -4.06. The molecule has 1 amide bonds. The Morgan fingerprint density at radius 1 is 0.968 bits per heavy atom. The van der Waals surface area contributed by atoms with Gasteiger partial charge >= 0.3 is 0 Å². The van der Waals surface area contributed by atoms with Gasteiger partial charge in [0, 0.05) is 29.1 Å². The fraction of sp³-hybridized carbons (Fsp3) is 0.0800. The molecule has 3 aromatic carbocycles. The monoisotopic (exact) mass is 413 g/mol. The first-order valence-corrected chi connectivity index (χ1v) is 9.73. The Morgan fingerprint density at radius 2 is 1.77 bits per heavy atom. The van der Waals surface area contributed by atoms with Crippen molar-refractivity contribution in [2.45, 2.75) is 13.8 Å². The third kappa shape index (κ3) is 4.93. The molecule has 0 fully saturated rings. The summed E-state index contributed by atoms with van der Waals surface area (Å²) in [5.74, 6) is 0.645. The zero-order valence-corrected chi connectivity index (χ0v) is 17.1. The molecule has 0 aliphatic rings. The van der Waals surface area contributed by atoms with E-state index in [4.69, 9.17) is 4.74 Å². The average molecular weight is 413 g/mol. The Kier molecular flexibility index (Phi) is 5.71. The molecule has 1 N–H and O–H groups in total. The number of carbonyl (C=O) groups is 1. The summed E-state index contributed by atoms with van der Waals surface area (Å²) in [5.41, 5.74) is 3.99. The molecule has 0 saturated carbocycles. The van der Waals surface area contributed by atoms with E-state index in [0.717, 1.165) is 16.8 Å². The van der Waals surface area contributed by atoms with E-state index in [1.807, 2.05) is 32.0 Å². The van der Waals surface area contributed by atoms with Crippen molar-refractivity contribution in [3.63, 3.8) is 0 Å². The summed E-state index contributed by atoms with van der Waals surface area (Å²) < 4.78 is 19.2. The first-order valence-electron chi connectivity index (χ1n) is 9.73. The molecule has 0 aliphatic carbocycles. The lowest BCUT2D eigenvalue weighted by molar-refractivity contribution is 0.102. The van der Waals surface area contributed by atoms with Gasteiger partial charge in [-0.05, 0) is 61.9 Å². The molecular formula is C25H20FN3O2. The van der Waals surface area contributed by atoms with E-state index in [1.54, 1.807) is 48.7 Å². The van der Waals surface area contributed by atoms with Gasteiger partial charge in [0.25, 0.3) is 5.91 Å². The number of benzene rings is 3. The number of anilines is 1. The number of nitrogens with zero attached hydrogens (tertiary/aromatic N) is 2. The van der Waals surface area contributed by atoms with Crippen molar-refractivity contribution in [3.05, 3.63) is 102 Å². The van der Waals surface area contributed by atoms with Gasteiger partial charge in [0.1, 0.15) is 11.6 Å². The first kappa shape index (κ1) is 20.2. The van der Waals surface area contributed by atoms with Crippen molar-refractivity contribution in [1.29, 1.82) is 0 Å². The number of hydrogen-bond acceptors (Lipinski definition) is 4. The van der Waals surface area contributed by atoms with Crippen molar-refractivity contribution >= 4 is 11.6 Å². The standard InChI is InChI=1S/C25H20FN3O2/c1-16-6-11-22(17(2)14-16)28-25(30)18-7-9-21(10-8-18)31-23-12-13-27-24(29-23)19-4-3-5-20(26)15-19/h3-15H,1-2H3,(H,28,30). The van der Waals surface area contributed by atoms with E-state index in [-0.39, 0.29) is 11.7 Å². The van der Waals surface area contributed by atoms with Gasteiger partial charge in [0.2, 0.25) is 5.88 Å². The van der Waals surface area contributed by atoms with Crippen LogP contribution in [0, 0.1) is 19.7 Å². The van der Waals surface area contributed by atoms with Crippen LogP contribution in [-0.4, -0.2) is 15.9 Å². The van der Waals surface area contributed by atoms with Gasteiger partial charge in [-0.3, -0.25) is 4.79 Å². The smallest absolute Gasteiger partial charge is 0.255 e. The number of rotatable bonds is 5. The molecule has 5 nitrogen and oxygen atoms in total. The van der Waals surface area contributed by atoms with Crippen LogP contribution in [0.4, 0.5) is 10.1 Å². The number of amides is 1. The summed E-state index contributed by atoms with van der Waals surface area (Å²) in [4.78, 5) is 21.0. The molecule has 154 valence electrons. The van der Waals surface area contributed by atoms with Crippen molar-refractivity contribution < 1.29 is 13.9 Å². The maximum absolute atomic E-state index is 13.5. The summed E-state index contributed by atoms with van der Waals surface area (Å²) in [6.07, 6.45) is 1.55. The van der Waals surface area contributed by atoms with Crippen molar-refractivity contribution in [2.24, 2.45) is 0 Å². The molecule has 1 aromatic heterocycles. The summed E-state index contributed by atoms with van der Waals surface area (Å²) in [7, 11) is 0.